The summed E-state index contributed by atoms with van der Waals surface area (Å²) in [6.07, 6.45) is 0. The second kappa shape index (κ2) is 4.78. The van der Waals surface area contributed by atoms with Gasteiger partial charge in [0.2, 0.25) is 5.75 Å². The van der Waals surface area contributed by atoms with Gasteiger partial charge in [0.25, 0.3) is 0 Å². The van der Waals surface area contributed by atoms with Crippen molar-refractivity contribution in [3.63, 3.8) is 0 Å². The molecule has 0 saturated carbocycles. The van der Waals surface area contributed by atoms with Crippen molar-refractivity contribution in [2.75, 3.05) is 0 Å². The van der Waals surface area contributed by atoms with Crippen LogP contribution in [0.2, 0.25) is 0 Å². The zero-order valence-corrected chi connectivity index (χ0v) is 9.55. The van der Waals surface area contributed by atoms with Crippen LogP contribution in [-0.2, 0) is 6.61 Å². The maximum Gasteiger partial charge on any atom is 0.200 e. The molecule has 0 atom stereocenters. The van der Waals surface area contributed by atoms with E-state index in [0.717, 1.165) is 5.56 Å². The highest BCUT2D eigenvalue weighted by Gasteiger charge is 2.06. The Hall–Kier alpha value is -2.16. The minimum atomic E-state index is -0.223. The van der Waals surface area contributed by atoms with Crippen LogP contribution in [0.15, 0.2) is 42.5 Å². The Labute approximate surface area is 99.9 Å². The van der Waals surface area contributed by atoms with Crippen LogP contribution in [0.5, 0.6) is 17.2 Å². The third-order valence-corrected chi connectivity index (χ3v) is 2.49. The van der Waals surface area contributed by atoms with Gasteiger partial charge in [0.05, 0.1) is 0 Å². The SMILES string of the molecule is Cc1ccc(COc2cccc(O)c2O)cc1. The molecule has 3 heteroatoms. The van der Waals surface area contributed by atoms with Crippen molar-refractivity contribution in [2.24, 2.45) is 0 Å². The molecule has 0 amide bonds. The molecule has 0 aliphatic carbocycles. The highest BCUT2D eigenvalue weighted by atomic mass is 16.5. The molecular weight excluding hydrogens is 216 g/mol. The topological polar surface area (TPSA) is 49.7 Å². The van der Waals surface area contributed by atoms with E-state index >= 15 is 0 Å². The molecule has 0 aliphatic rings. The van der Waals surface area contributed by atoms with Crippen molar-refractivity contribution in [3.8, 4) is 17.2 Å². The van der Waals surface area contributed by atoms with Crippen molar-refractivity contribution in [1.82, 2.24) is 0 Å². The first-order chi connectivity index (χ1) is 8.16. The van der Waals surface area contributed by atoms with E-state index in [9.17, 15) is 10.2 Å². The second-order valence-electron chi connectivity index (χ2n) is 3.90. The van der Waals surface area contributed by atoms with Crippen LogP contribution in [0, 0.1) is 6.92 Å². The molecule has 2 rings (SSSR count). The van der Waals surface area contributed by atoms with Gasteiger partial charge in [0, 0.05) is 0 Å². The van der Waals surface area contributed by atoms with E-state index in [2.05, 4.69) is 0 Å². The minimum Gasteiger partial charge on any atom is -0.504 e. The van der Waals surface area contributed by atoms with Crippen LogP contribution < -0.4 is 4.74 Å². The second-order valence-corrected chi connectivity index (χ2v) is 3.90. The monoisotopic (exact) mass is 230 g/mol. The van der Waals surface area contributed by atoms with E-state index in [-0.39, 0.29) is 17.2 Å². The number of aromatic hydroxyl groups is 2. The fourth-order valence-corrected chi connectivity index (χ4v) is 1.47. The molecule has 0 saturated heterocycles. The first kappa shape index (κ1) is 11.3. The maximum absolute atomic E-state index is 9.54. The molecule has 0 aliphatic heterocycles. The summed E-state index contributed by atoms with van der Waals surface area (Å²) in [5, 5.41) is 18.8. The lowest BCUT2D eigenvalue weighted by Gasteiger charge is -2.08. The number of benzene rings is 2. The number of phenols is 2. The third-order valence-electron chi connectivity index (χ3n) is 2.49. The van der Waals surface area contributed by atoms with Crippen LogP contribution in [0.25, 0.3) is 0 Å². The summed E-state index contributed by atoms with van der Waals surface area (Å²) in [6.45, 7) is 2.38. The summed E-state index contributed by atoms with van der Waals surface area (Å²) in [6, 6.07) is 12.6. The van der Waals surface area contributed by atoms with Gasteiger partial charge in [-0.2, -0.15) is 0 Å². The predicted molar refractivity (Wildman–Crippen MR) is 65.3 cm³/mol. The molecule has 2 aromatic carbocycles. The molecule has 0 radical (unpaired) electrons. The average Bonchev–Trinajstić information content (AvgIpc) is 2.33. The van der Waals surface area contributed by atoms with Gasteiger partial charge in [-0.15, -0.1) is 0 Å². The molecule has 0 heterocycles. The van der Waals surface area contributed by atoms with Crippen molar-refractivity contribution in [3.05, 3.63) is 53.6 Å². The van der Waals surface area contributed by atoms with Crippen LogP contribution in [-0.4, -0.2) is 10.2 Å². The molecule has 0 unspecified atom stereocenters. The van der Waals surface area contributed by atoms with Crippen molar-refractivity contribution in [2.45, 2.75) is 13.5 Å². The normalized spacial score (nSPS) is 10.2. The van der Waals surface area contributed by atoms with Gasteiger partial charge < -0.3 is 14.9 Å². The molecule has 0 fully saturated rings. The Balaban J connectivity index is 2.07. The van der Waals surface area contributed by atoms with Crippen molar-refractivity contribution in [1.29, 1.82) is 0 Å². The molecule has 0 bridgehead atoms. The van der Waals surface area contributed by atoms with E-state index in [1.165, 1.54) is 11.6 Å². The van der Waals surface area contributed by atoms with Gasteiger partial charge in [0.1, 0.15) is 6.61 Å². The first-order valence-corrected chi connectivity index (χ1v) is 5.36. The van der Waals surface area contributed by atoms with Gasteiger partial charge in [-0.3, -0.25) is 0 Å². The first-order valence-electron chi connectivity index (χ1n) is 5.36. The summed E-state index contributed by atoms with van der Waals surface area (Å²) < 4.78 is 5.43. The van der Waals surface area contributed by atoms with Gasteiger partial charge in [-0.1, -0.05) is 35.9 Å². The molecule has 88 valence electrons. The largest absolute Gasteiger partial charge is 0.504 e. The highest BCUT2D eigenvalue weighted by molar-refractivity contribution is 5.48. The van der Waals surface area contributed by atoms with E-state index < -0.39 is 0 Å². The molecular formula is C14H14O3. The van der Waals surface area contributed by atoms with Crippen LogP contribution >= 0.6 is 0 Å². The zero-order chi connectivity index (χ0) is 12.3. The number of para-hydroxylation sites is 1. The Morgan fingerprint density at radius 2 is 1.71 bits per heavy atom. The van der Waals surface area contributed by atoms with Crippen LogP contribution in [0.3, 0.4) is 0 Å². The van der Waals surface area contributed by atoms with Crippen molar-refractivity contribution < 1.29 is 14.9 Å². The lowest BCUT2D eigenvalue weighted by molar-refractivity contribution is 0.283. The Morgan fingerprint density at radius 1 is 1.00 bits per heavy atom. The predicted octanol–water partition coefficient (Wildman–Crippen LogP) is 2.99. The van der Waals surface area contributed by atoms with Gasteiger partial charge >= 0.3 is 0 Å². The minimum absolute atomic E-state index is 0.175. The highest BCUT2D eigenvalue weighted by Crippen LogP contribution is 2.34. The van der Waals surface area contributed by atoms with E-state index in [1.54, 1.807) is 12.1 Å². The molecule has 0 aromatic heterocycles. The smallest absolute Gasteiger partial charge is 0.200 e. The quantitative estimate of drug-likeness (QED) is 0.797. The fourth-order valence-electron chi connectivity index (χ4n) is 1.47. The Morgan fingerprint density at radius 3 is 2.41 bits per heavy atom. The number of rotatable bonds is 3. The number of aryl methyl sites for hydroxylation is 1. The summed E-state index contributed by atoms with van der Waals surface area (Å²) in [7, 11) is 0. The Kier molecular flexibility index (Phi) is 3.19. The maximum atomic E-state index is 9.54. The molecule has 2 N–H and O–H groups in total. The lowest BCUT2D eigenvalue weighted by Crippen LogP contribution is -1.95. The van der Waals surface area contributed by atoms with Crippen LogP contribution in [0.4, 0.5) is 0 Å². The molecule has 2 aromatic rings. The summed E-state index contributed by atoms with van der Waals surface area (Å²) in [5.41, 5.74) is 2.20. The van der Waals surface area contributed by atoms with Gasteiger partial charge in [-0.25, -0.2) is 0 Å². The molecule has 17 heavy (non-hydrogen) atoms. The summed E-state index contributed by atoms with van der Waals surface area (Å²) in [5.74, 6) is -0.114. The number of hydrogen-bond donors (Lipinski definition) is 2. The lowest BCUT2D eigenvalue weighted by atomic mass is 10.2. The summed E-state index contributed by atoms with van der Waals surface area (Å²) >= 11 is 0. The average molecular weight is 230 g/mol. The molecule has 0 spiro atoms. The van der Waals surface area contributed by atoms with Gasteiger partial charge in [-0.05, 0) is 24.6 Å². The van der Waals surface area contributed by atoms with Gasteiger partial charge in [0.15, 0.2) is 11.5 Å². The van der Waals surface area contributed by atoms with Crippen molar-refractivity contribution >= 4 is 0 Å². The fraction of sp³-hybridized carbons (Fsp3) is 0.143. The zero-order valence-electron chi connectivity index (χ0n) is 9.55. The number of phenolic OH excluding ortho intramolecular Hbond substituents is 2. The van der Waals surface area contributed by atoms with E-state index in [4.69, 9.17) is 4.74 Å². The molecule has 3 nitrogen and oxygen atoms in total. The summed E-state index contributed by atoms with van der Waals surface area (Å²) in [4.78, 5) is 0. The standard InChI is InChI=1S/C14H14O3/c1-10-5-7-11(8-6-10)9-17-13-4-2-3-12(15)14(13)16/h2-8,15-16H,9H2,1H3. The van der Waals surface area contributed by atoms with E-state index in [0.29, 0.717) is 6.61 Å². The third kappa shape index (κ3) is 2.69. The number of ether oxygens (including phenoxy) is 1. The van der Waals surface area contributed by atoms with Crippen LogP contribution in [0.1, 0.15) is 11.1 Å². The Bertz CT molecular complexity index is 503. The van der Waals surface area contributed by atoms with E-state index in [1.807, 2.05) is 31.2 Å². The number of hydrogen-bond acceptors (Lipinski definition) is 3.